The molecule has 1 saturated carbocycles. The van der Waals surface area contributed by atoms with Crippen molar-refractivity contribution in [2.45, 2.75) is 33.8 Å². The highest BCUT2D eigenvalue weighted by molar-refractivity contribution is 7.93. The van der Waals surface area contributed by atoms with E-state index in [0.717, 1.165) is 14.2 Å². The first kappa shape index (κ1) is 26.4. The predicted molar refractivity (Wildman–Crippen MR) is 127 cm³/mol. The summed E-state index contributed by atoms with van der Waals surface area (Å²) in [5, 5.41) is 0. The molecule has 1 aliphatic carbocycles. The van der Waals surface area contributed by atoms with Crippen LogP contribution in [0, 0.1) is 23.7 Å². The number of ether oxygens (including phenoxy) is 2. The van der Waals surface area contributed by atoms with Crippen molar-refractivity contribution in [1.82, 2.24) is 0 Å². The molecule has 0 spiro atoms. The highest BCUT2D eigenvalue weighted by atomic mass is 32.2. The Morgan fingerprint density at radius 1 is 0.914 bits per heavy atom. The van der Waals surface area contributed by atoms with Crippen molar-refractivity contribution < 1.29 is 35.9 Å². The molecule has 0 saturated heterocycles. The molecule has 0 N–H and O–H groups in total. The lowest BCUT2D eigenvalue weighted by Crippen LogP contribution is -2.58. The average Bonchev–Trinajstić information content (AvgIpc) is 2.88. The Balaban J connectivity index is 2.24. The minimum Gasteiger partial charge on any atom is -0.468 e. The molecular formula is C25H26O8S2. The Morgan fingerprint density at radius 3 is 1.86 bits per heavy atom. The first-order chi connectivity index (χ1) is 16.5. The third-order valence-corrected chi connectivity index (χ3v) is 10.9. The molecule has 0 bridgehead atoms. The fourth-order valence-corrected chi connectivity index (χ4v) is 8.75. The van der Waals surface area contributed by atoms with E-state index < -0.39 is 59.9 Å². The van der Waals surface area contributed by atoms with Gasteiger partial charge in [0.15, 0.2) is 25.1 Å². The second-order valence-electron chi connectivity index (χ2n) is 8.42. The summed E-state index contributed by atoms with van der Waals surface area (Å²) in [6.07, 6.45) is 4.88. The van der Waals surface area contributed by atoms with Gasteiger partial charge in [-0.15, -0.1) is 6.42 Å². The quantitative estimate of drug-likeness (QED) is 0.311. The van der Waals surface area contributed by atoms with Gasteiger partial charge in [-0.3, -0.25) is 9.59 Å². The van der Waals surface area contributed by atoms with E-state index >= 15 is 0 Å². The number of methoxy groups -OCH3 is 2. The Kier molecular flexibility index (Phi) is 7.43. The second kappa shape index (κ2) is 9.84. The van der Waals surface area contributed by atoms with Gasteiger partial charge < -0.3 is 9.47 Å². The van der Waals surface area contributed by atoms with Crippen molar-refractivity contribution in [1.29, 1.82) is 0 Å². The predicted octanol–water partition coefficient (Wildman–Crippen LogP) is 2.44. The number of benzene rings is 2. The minimum atomic E-state index is -4.45. The highest BCUT2D eigenvalue weighted by Gasteiger charge is 2.64. The summed E-state index contributed by atoms with van der Waals surface area (Å²) in [5.74, 6) is -1.37. The van der Waals surface area contributed by atoms with Crippen LogP contribution in [-0.2, 0) is 38.7 Å². The summed E-state index contributed by atoms with van der Waals surface area (Å²) in [4.78, 5) is 25.6. The average molecular weight is 519 g/mol. The van der Waals surface area contributed by atoms with Crippen molar-refractivity contribution in [2.24, 2.45) is 11.3 Å². The van der Waals surface area contributed by atoms with Crippen LogP contribution in [0.2, 0.25) is 0 Å². The van der Waals surface area contributed by atoms with Crippen LogP contribution in [0.15, 0.2) is 70.5 Å². The number of sulfone groups is 2. The number of esters is 2. The molecule has 0 aliphatic heterocycles. The summed E-state index contributed by atoms with van der Waals surface area (Å²) in [5.41, 5.74) is -2.01. The van der Waals surface area contributed by atoms with Gasteiger partial charge in [-0.2, -0.15) is 0 Å². The SMILES string of the molecule is C#CC1(S(=O)(=O)c2ccccc2)CC(C(=O)OC)(C(=O)OC)CCC1CS(=O)(=O)c1ccccc1. The second-order valence-corrected chi connectivity index (χ2v) is 12.7. The van der Waals surface area contributed by atoms with Gasteiger partial charge in [0.1, 0.15) is 4.75 Å². The highest BCUT2D eigenvalue weighted by Crippen LogP contribution is 2.52. The molecule has 0 radical (unpaired) electrons. The summed E-state index contributed by atoms with van der Waals surface area (Å²) in [7, 11) is -6.27. The maximum absolute atomic E-state index is 14.0. The molecule has 10 heteroatoms. The maximum Gasteiger partial charge on any atom is 0.323 e. The molecule has 8 nitrogen and oxygen atoms in total. The molecular weight excluding hydrogens is 492 g/mol. The topological polar surface area (TPSA) is 121 Å². The Bertz CT molecular complexity index is 1330. The number of rotatable bonds is 7. The summed E-state index contributed by atoms with van der Waals surface area (Å²) < 4.78 is 62.1. The van der Waals surface area contributed by atoms with E-state index in [9.17, 15) is 26.4 Å². The fourth-order valence-electron chi connectivity index (χ4n) is 4.74. The van der Waals surface area contributed by atoms with E-state index in [2.05, 4.69) is 5.92 Å². The van der Waals surface area contributed by atoms with Crippen molar-refractivity contribution >= 4 is 31.6 Å². The van der Waals surface area contributed by atoms with Gasteiger partial charge in [-0.1, -0.05) is 42.3 Å². The van der Waals surface area contributed by atoms with E-state index in [0.29, 0.717) is 0 Å². The monoisotopic (exact) mass is 518 g/mol. The molecule has 3 rings (SSSR count). The smallest absolute Gasteiger partial charge is 0.323 e. The number of terminal acetylenes is 1. The first-order valence-corrected chi connectivity index (χ1v) is 13.9. The lowest BCUT2D eigenvalue weighted by Gasteiger charge is -2.46. The maximum atomic E-state index is 14.0. The number of carbonyl (C=O) groups is 2. The molecule has 2 aromatic rings. The molecule has 0 aromatic heterocycles. The zero-order chi connectivity index (χ0) is 25.9. The largest absolute Gasteiger partial charge is 0.468 e. The number of hydrogen-bond donors (Lipinski definition) is 0. The zero-order valence-corrected chi connectivity index (χ0v) is 21.0. The normalized spacial score (nSPS) is 21.9. The zero-order valence-electron chi connectivity index (χ0n) is 19.3. The third kappa shape index (κ3) is 4.46. The van der Waals surface area contributed by atoms with Crippen molar-refractivity contribution in [3.8, 4) is 12.3 Å². The molecule has 1 fully saturated rings. The molecule has 35 heavy (non-hydrogen) atoms. The van der Waals surface area contributed by atoms with Crippen LogP contribution in [0.25, 0.3) is 0 Å². The van der Waals surface area contributed by atoms with Crippen molar-refractivity contribution in [3.63, 3.8) is 0 Å². The van der Waals surface area contributed by atoms with Gasteiger partial charge in [-0.25, -0.2) is 16.8 Å². The molecule has 0 heterocycles. The van der Waals surface area contributed by atoms with Gasteiger partial charge in [0.2, 0.25) is 0 Å². The standard InChI is InChI=1S/C25H26O8S2/c1-4-25(35(30,31)21-13-9-6-10-14-21)18-24(22(26)32-2,23(27)33-3)16-15-19(25)17-34(28,29)20-11-7-5-8-12-20/h1,5-14,19H,15-18H2,2-3H3. The third-order valence-electron chi connectivity index (χ3n) is 6.60. The van der Waals surface area contributed by atoms with Crippen LogP contribution in [0.4, 0.5) is 0 Å². The van der Waals surface area contributed by atoms with E-state index in [1.54, 1.807) is 24.3 Å². The molecule has 0 amide bonds. The lowest BCUT2D eigenvalue weighted by molar-refractivity contribution is -0.172. The van der Waals surface area contributed by atoms with E-state index in [-0.39, 0.29) is 22.6 Å². The Labute approximate surface area is 205 Å². The van der Waals surface area contributed by atoms with Crippen LogP contribution >= 0.6 is 0 Å². The van der Waals surface area contributed by atoms with E-state index in [1.807, 2.05) is 0 Å². The molecule has 2 aromatic carbocycles. The van der Waals surface area contributed by atoms with E-state index in [1.165, 1.54) is 36.4 Å². The van der Waals surface area contributed by atoms with Gasteiger partial charge in [0, 0.05) is 12.3 Å². The Morgan fingerprint density at radius 2 is 1.40 bits per heavy atom. The van der Waals surface area contributed by atoms with Crippen LogP contribution in [0.1, 0.15) is 19.3 Å². The van der Waals surface area contributed by atoms with Crippen LogP contribution in [0.5, 0.6) is 0 Å². The molecule has 186 valence electrons. The lowest BCUT2D eigenvalue weighted by atomic mass is 9.65. The molecule has 2 atom stereocenters. The number of hydrogen-bond acceptors (Lipinski definition) is 8. The van der Waals surface area contributed by atoms with Crippen LogP contribution < -0.4 is 0 Å². The van der Waals surface area contributed by atoms with Gasteiger partial charge in [0.05, 0.1) is 29.8 Å². The van der Waals surface area contributed by atoms with Gasteiger partial charge in [0.25, 0.3) is 0 Å². The minimum absolute atomic E-state index is 0.0146. The first-order valence-electron chi connectivity index (χ1n) is 10.7. The van der Waals surface area contributed by atoms with Crippen molar-refractivity contribution in [3.05, 3.63) is 60.7 Å². The number of carbonyl (C=O) groups excluding carboxylic acids is 2. The van der Waals surface area contributed by atoms with Crippen LogP contribution in [0.3, 0.4) is 0 Å². The summed E-state index contributed by atoms with van der Waals surface area (Å²) in [6, 6.07) is 14.9. The molecule has 2 unspecified atom stereocenters. The molecule has 1 aliphatic rings. The summed E-state index contributed by atoms with van der Waals surface area (Å²) >= 11 is 0. The van der Waals surface area contributed by atoms with Gasteiger partial charge in [-0.05, 0) is 37.1 Å². The summed E-state index contributed by atoms with van der Waals surface area (Å²) in [6.45, 7) is 0. The van der Waals surface area contributed by atoms with E-state index in [4.69, 9.17) is 15.9 Å². The fraction of sp³-hybridized carbons (Fsp3) is 0.360. The van der Waals surface area contributed by atoms with Gasteiger partial charge >= 0.3 is 11.9 Å². The Hall–Kier alpha value is -3.16. The van der Waals surface area contributed by atoms with Crippen LogP contribution in [-0.4, -0.2) is 53.5 Å². The van der Waals surface area contributed by atoms with Crippen molar-refractivity contribution in [2.75, 3.05) is 20.0 Å².